The Bertz CT molecular complexity index is 819. The molecule has 2 atom stereocenters. The lowest BCUT2D eigenvalue weighted by Gasteiger charge is -2.38. The molecule has 1 N–H and O–H groups in total. The molecule has 1 aromatic carbocycles. The van der Waals surface area contributed by atoms with E-state index in [0.717, 1.165) is 40.3 Å². The Labute approximate surface area is 173 Å². The summed E-state index contributed by atoms with van der Waals surface area (Å²) in [4.78, 5) is 4.67. The lowest BCUT2D eigenvalue weighted by molar-refractivity contribution is 0.153. The second kappa shape index (κ2) is 10.1. The third-order valence-electron chi connectivity index (χ3n) is 5.55. The SMILES string of the molecule is C=C=C(CC(C)(CC)C(CCC)CCC=C)Nc1nc2cc(Cl)ccc2s1. The fourth-order valence-electron chi connectivity index (χ4n) is 3.70. The molecule has 4 heteroatoms. The van der Waals surface area contributed by atoms with E-state index in [2.05, 4.69) is 50.0 Å². The number of nitrogens with zero attached hydrogens (tertiary/aromatic N) is 1. The molecule has 2 aromatic rings. The highest BCUT2D eigenvalue weighted by molar-refractivity contribution is 7.22. The number of hydrogen-bond acceptors (Lipinski definition) is 3. The van der Waals surface area contributed by atoms with Crippen molar-refractivity contribution < 1.29 is 0 Å². The number of allylic oxidation sites excluding steroid dienone is 2. The molecule has 0 bridgehead atoms. The van der Waals surface area contributed by atoms with Gasteiger partial charge in [0.15, 0.2) is 5.13 Å². The molecule has 0 saturated heterocycles. The molecule has 0 fully saturated rings. The molecule has 0 aliphatic rings. The number of anilines is 1. The molecular weight excluding hydrogens is 372 g/mol. The first-order valence-corrected chi connectivity index (χ1v) is 11.0. The van der Waals surface area contributed by atoms with Crippen molar-refractivity contribution >= 4 is 38.3 Å². The normalized spacial score (nSPS) is 14.4. The van der Waals surface area contributed by atoms with Gasteiger partial charge >= 0.3 is 0 Å². The van der Waals surface area contributed by atoms with Crippen molar-refractivity contribution in [1.29, 1.82) is 0 Å². The van der Waals surface area contributed by atoms with Gasteiger partial charge in [-0.1, -0.05) is 75.6 Å². The van der Waals surface area contributed by atoms with Gasteiger partial charge in [-0.2, -0.15) is 0 Å². The monoisotopic (exact) mass is 402 g/mol. The van der Waals surface area contributed by atoms with Crippen LogP contribution in [0.1, 0.15) is 59.3 Å². The van der Waals surface area contributed by atoms with E-state index in [-0.39, 0.29) is 5.41 Å². The minimum Gasteiger partial charge on any atom is -0.328 e. The number of thiazole rings is 1. The number of nitrogens with one attached hydrogen (secondary N) is 1. The zero-order valence-corrected chi connectivity index (χ0v) is 18.3. The van der Waals surface area contributed by atoms with Crippen LogP contribution in [-0.4, -0.2) is 4.98 Å². The maximum atomic E-state index is 6.08. The van der Waals surface area contributed by atoms with Crippen LogP contribution in [0.15, 0.2) is 48.9 Å². The van der Waals surface area contributed by atoms with Crippen LogP contribution in [0.4, 0.5) is 5.13 Å². The van der Waals surface area contributed by atoms with E-state index < -0.39 is 0 Å². The third-order valence-corrected chi connectivity index (χ3v) is 6.74. The van der Waals surface area contributed by atoms with E-state index >= 15 is 0 Å². The predicted molar refractivity (Wildman–Crippen MR) is 122 cm³/mol. The Morgan fingerprint density at radius 3 is 2.81 bits per heavy atom. The second-order valence-electron chi connectivity index (χ2n) is 7.45. The van der Waals surface area contributed by atoms with Crippen LogP contribution >= 0.6 is 22.9 Å². The van der Waals surface area contributed by atoms with Crippen molar-refractivity contribution in [3.8, 4) is 0 Å². The maximum absolute atomic E-state index is 6.08. The Morgan fingerprint density at radius 2 is 2.19 bits per heavy atom. The van der Waals surface area contributed by atoms with Crippen LogP contribution < -0.4 is 5.32 Å². The summed E-state index contributed by atoms with van der Waals surface area (Å²) in [7, 11) is 0. The summed E-state index contributed by atoms with van der Waals surface area (Å²) in [6.45, 7) is 14.8. The molecule has 0 saturated carbocycles. The minimum atomic E-state index is 0.200. The molecule has 0 aliphatic carbocycles. The van der Waals surface area contributed by atoms with Gasteiger partial charge in [-0.3, -0.25) is 0 Å². The summed E-state index contributed by atoms with van der Waals surface area (Å²) < 4.78 is 1.12. The molecule has 146 valence electrons. The van der Waals surface area contributed by atoms with Crippen molar-refractivity contribution in [3.63, 3.8) is 0 Å². The second-order valence-corrected chi connectivity index (χ2v) is 8.91. The molecule has 0 spiro atoms. The molecule has 2 nitrogen and oxygen atoms in total. The molecule has 1 aromatic heterocycles. The smallest absolute Gasteiger partial charge is 0.188 e. The predicted octanol–water partition coefficient (Wildman–Crippen LogP) is 8.22. The van der Waals surface area contributed by atoms with E-state index in [1.165, 1.54) is 19.3 Å². The largest absolute Gasteiger partial charge is 0.328 e. The van der Waals surface area contributed by atoms with Crippen LogP contribution in [-0.2, 0) is 0 Å². The van der Waals surface area contributed by atoms with E-state index in [1.807, 2.05) is 24.3 Å². The van der Waals surface area contributed by atoms with Gasteiger partial charge in [0, 0.05) is 11.4 Å². The van der Waals surface area contributed by atoms with Crippen molar-refractivity contribution in [2.45, 2.75) is 59.3 Å². The minimum absolute atomic E-state index is 0.200. The quantitative estimate of drug-likeness (QED) is 0.302. The number of rotatable bonds is 11. The maximum Gasteiger partial charge on any atom is 0.188 e. The standard InChI is InChI=1S/C23H31ClN2S/c1-6-10-12-17(11-7-2)23(5,9-4)16-19(8-3)25-22-26-20-15-18(24)13-14-21(20)27-22/h6,13-15,17H,1,3,7,9-12,16H2,2,4-5H3,(H,25,26). The van der Waals surface area contributed by atoms with Crippen molar-refractivity contribution in [2.24, 2.45) is 11.3 Å². The van der Waals surface area contributed by atoms with Gasteiger partial charge in [-0.05, 0) is 42.4 Å². The van der Waals surface area contributed by atoms with Crippen LogP contribution in [0.3, 0.4) is 0 Å². The molecule has 27 heavy (non-hydrogen) atoms. The highest BCUT2D eigenvalue weighted by Gasteiger charge is 2.32. The van der Waals surface area contributed by atoms with Crippen molar-refractivity contribution in [1.82, 2.24) is 4.98 Å². The van der Waals surface area contributed by atoms with Gasteiger partial charge < -0.3 is 5.32 Å². The first kappa shape index (κ1) is 21.8. The topological polar surface area (TPSA) is 24.9 Å². The van der Waals surface area contributed by atoms with E-state index in [1.54, 1.807) is 11.3 Å². The molecular formula is C23H31ClN2S. The average molecular weight is 403 g/mol. The van der Waals surface area contributed by atoms with E-state index in [0.29, 0.717) is 10.9 Å². The van der Waals surface area contributed by atoms with Crippen LogP contribution in [0.25, 0.3) is 10.2 Å². The molecule has 0 aliphatic heterocycles. The number of hydrogen-bond donors (Lipinski definition) is 1. The van der Waals surface area contributed by atoms with Gasteiger partial charge in [0.05, 0.1) is 15.9 Å². The molecule has 1 heterocycles. The lowest BCUT2D eigenvalue weighted by Crippen LogP contribution is -2.28. The Kier molecular flexibility index (Phi) is 8.16. The average Bonchev–Trinajstić information content (AvgIpc) is 3.05. The van der Waals surface area contributed by atoms with Crippen LogP contribution in [0.5, 0.6) is 0 Å². The summed E-state index contributed by atoms with van der Waals surface area (Å²) in [6, 6.07) is 5.82. The highest BCUT2D eigenvalue weighted by atomic mass is 35.5. The first-order valence-electron chi connectivity index (χ1n) is 9.78. The van der Waals surface area contributed by atoms with Gasteiger partial charge in [0.25, 0.3) is 0 Å². The third kappa shape index (κ3) is 5.72. The number of halogens is 1. The summed E-state index contributed by atoms with van der Waals surface area (Å²) >= 11 is 7.72. The highest BCUT2D eigenvalue weighted by Crippen LogP contribution is 2.43. The first-order chi connectivity index (χ1) is 13.0. The van der Waals surface area contributed by atoms with Gasteiger partial charge in [0.2, 0.25) is 0 Å². The molecule has 2 rings (SSSR count). The summed E-state index contributed by atoms with van der Waals surface area (Å²) in [5.74, 6) is 0.657. The molecule has 0 amide bonds. The van der Waals surface area contributed by atoms with Crippen molar-refractivity contribution in [3.05, 3.63) is 53.9 Å². The van der Waals surface area contributed by atoms with Gasteiger partial charge in [0.1, 0.15) is 0 Å². The Morgan fingerprint density at radius 1 is 1.41 bits per heavy atom. The van der Waals surface area contributed by atoms with E-state index in [4.69, 9.17) is 11.6 Å². The van der Waals surface area contributed by atoms with Gasteiger partial charge in [-0.15, -0.1) is 12.3 Å². The number of fused-ring (bicyclic) bond motifs is 1. The summed E-state index contributed by atoms with van der Waals surface area (Å²) in [5, 5.41) is 5.05. The molecule has 2 unspecified atom stereocenters. The fourth-order valence-corrected chi connectivity index (χ4v) is 4.74. The van der Waals surface area contributed by atoms with E-state index in [9.17, 15) is 0 Å². The zero-order valence-electron chi connectivity index (χ0n) is 16.8. The molecule has 0 radical (unpaired) electrons. The Balaban J connectivity index is 2.18. The summed E-state index contributed by atoms with van der Waals surface area (Å²) in [6.07, 6.45) is 8.78. The number of aromatic nitrogens is 1. The summed E-state index contributed by atoms with van der Waals surface area (Å²) in [5.41, 5.74) is 5.27. The zero-order chi connectivity index (χ0) is 19.9. The van der Waals surface area contributed by atoms with Crippen LogP contribution in [0, 0.1) is 11.3 Å². The Hall–Kier alpha value is -1.54. The lowest BCUT2D eigenvalue weighted by atomic mass is 9.68. The van der Waals surface area contributed by atoms with Crippen molar-refractivity contribution in [2.75, 3.05) is 5.32 Å². The number of benzene rings is 1. The fraction of sp³-hybridized carbons (Fsp3) is 0.478. The van der Waals surface area contributed by atoms with Crippen LogP contribution in [0.2, 0.25) is 5.02 Å². The van der Waals surface area contributed by atoms with Gasteiger partial charge in [-0.25, -0.2) is 4.98 Å².